The number of carboxylic acids is 1. The smallest absolute Gasteiger partial charge is 0.303 e. The molecule has 1 rings (SSSR count). The van der Waals surface area contributed by atoms with Gasteiger partial charge in [0.1, 0.15) is 0 Å². The number of rotatable bonds is 11. The van der Waals surface area contributed by atoms with Gasteiger partial charge < -0.3 is 20.4 Å². The monoisotopic (exact) mass is 328 g/mol. The van der Waals surface area contributed by atoms with Gasteiger partial charge in [-0.25, -0.2) is 0 Å². The molecule has 1 saturated carbocycles. The van der Waals surface area contributed by atoms with Gasteiger partial charge in [0.15, 0.2) is 0 Å². The normalized spacial score (nSPS) is 29.2. The molecule has 0 aliphatic heterocycles. The molecule has 23 heavy (non-hydrogen) atoms. The molecule has 0 bridgehead atoms. The second kappa shape index (κ2) is 10.8. The van der Waals surface area contributed by atoms with E-state index >= 15 is 0 Å². The summed E-state index contributed by atoms with van der Waals surface area (Å²) in [5, 5.41) is 38.7. The minimum Gasteiger partial charge on any atom is -0.481 e. The lowest BCUT2D eigenvalue weighted by Gasteiger charge is -2.21. The molecular formula is C18H32O5. The van der Waals surface area contributed by atoms with Crippen molar-refractivity contribution in [1.82, 2.24) is 0 Å². The topological polar surface area (TPSA) is 98.0 Å². The van der Waals surface area contributed by atoms with Crippen molar-refractivity contribution in [2.45, 2.75) is 83.0 Å². The average Bonchev–Trinajstić information content (AvgIpc) is 2.75. The van der Waals surface area contributed by atoms with Crippen molar-refractivity contribution in [1.29, 1.82) is 0 Å². The molecule has 5 nitrogen and oxygen atoms in total. The zero-order valence-corrected chi connectivity index (χ0v) is 14.1. The molecule has 0 aromatic heterocycles. The molecule has 0 saturated heterocycles. The summed E-state index contributed by atoms with van der Waals surface area (Å²) in [7, 11) is 0. The minimum absolute atomic E-state index is 0.0620. The van der Waals surface area contributed by atoms with Crippen molar-refractivity contribution in [3.05, 3.63) is 12.2 Å². The molecule has 134 valence electrons. The third-order valence-corrected chi connectivity index (χ3v) is 4.75. The molecule has 1 aliphatic rings. The number of hydrogen-bond donors (Lipinski definition) is 4. The van der Waals surface area contributed by atoms with E-state index < -0.39 is 24.3 Å². The van der Waals surface area contributed by atoms with E-state index in [0.29, 0.717) is 25.7 Å². The third-order valence-electron chi connectivity index (χ3n) is 4.75. The van der Waals surface area contributed by atoms with Gasteiger partial charge in [-0.1, -0.05) is 38.3 Å². The first-order valence-electron chi connectivity index (χ1n) is 8.90. The molecule has 4 N–H and O–H groups in total. The maximum Gasteiger partial charge on any atom is 0.303 e. The molecule has 5 atom stereocenters. The third kappa shape index (κ3) is 7.46. The molecule has 1 fully saturated rings. The second-order valence-electron chi connectivity index (χ2n) is 6.70. The fourth-order valence-electron chi connectivity index (χ4n) is 3.39. The van der Waals surface area contributed by atoms with Crippen LogP contribution < -0.4 is 0 Å². The fraction of sp³-hybridized carbons (Fsp3) is 0.833. The van der Waals surface area contributed by atoms with Crippen LogP contribution in [0.15, 0.2) is 12.2 Å². The number of unbranched alkanes of at least 4 members (excludes halogenated alkanes) is 3. The SMILES string of the molecule is CCCCC[C@@H]1[C@H](/C=C/[C@@H](O)CCCCC(=O)O)[C@H](O)C[C@@H]1O. The second-order valence-corrected chi connectivity index (χ2v) is 6.70. The average molecular weight is 328 g/mol. The fourth-order valence-corrected chi connectivity index (χ4v) is 3.39. The number of aliphatic hydroxyl groups is 3. The van der Waals surface area contributed by atoms with Gasteiger partial charge in [0.25, 0.3) is 0 Å². The molecule has 5 heteroatoms. The van der Waals surface area contributed by atoms with Crippen LogP contribution >= 0.6 is 0 Å². The van der Waals surface area contributed by atoms with Gasteiger partial charge in [-0.15, -0.1) is 0 Å². The van der Waals surface area contributed by atoms with E-state index in [9.17, 15) is 20.1 Å². The lowest BCUT2D eigenvalue weighted by molar-refractivity contribution is -0.137. The highest BCUT2D eigenvalue weighted by Gasteiger charge is 2.39. The summed E-state index contributed by atoms with van der Waals surface area (Å²) in [4.78, 5) is 10.4. The Balaban J connectivity index is 2.42. The van der Waals surface area contributed by atoms with Gasteiger partial charge in [-0.05, 0) is 31.6 Å². The van der Waals surface area contributed by atoms with Crippen molar-refractivity contribution in [2.75, 3.05) is 0 Å². The first-order chi connectivity index (χ1) is 11.0. The molecule has 0 aromatic rings. The van der Waals surface area contributed by atoms with Crippen LogP contribution in [0.5, 0.6) is 0 Å². The zero-order valence-electron chi connectivity index (χ0n) is 14.1. The highest BCUT2D eigenvalue weighted by Crippen LogP contribution is 2.37. The standard InChI is InChI=1S/C18H32O5/c1-2-3-4-8-14-15(17(21)12-16(14)20)11-10-13(19)7-5-6-9-18(22)23/h10-11,13-17,19-21H,2-9,12H2,1H3,(H,22,23)/b11-10+/t13-,14+,15-,16-,17+/m0/s1. The van der Waals surface area contributed by atoms with Crippen molar-refractivity contribution < 1.29 is 25.2 Å². The first-order valence-corrected chi connectivity index (χ1v) is 8.90. The maximum atomic E-state index is 10.4. The molecule has 0 unspecified atom stereocenters. The zero-order chi connectivity index (χ0) is 17.2. The summed E-state index contributed by atoms with van der Waals surface area (Å²) in [6, 6.07) is 0. The van der Waals surface area contributed by atoms with E-state index in [4.69, 9.17) is 5.11 Å². The van der Waals surface area contributed by atoms with Gasteiger partial charge in [0.2, 0.25) is 0 Å². The predicted octanol–water partition coefficient (Wildman–Crippen LogP) is 2.49. The summed E-state index contributed by atoms with van der Waals surface area (Å²) in [5.41, 5.74) is 0. The van der Waals surface area contributed by atoms with E-state index in [1.165, 1.54) is 0 Å². The Morgan fingerprint density at radius 1 is 1.17 bits per heavy atom. The van der Waals surface area contributed by atoms with Crippen LogP contribution in [-0.4, -0.2) is 44.7 Å². The van der Waals surface area contributed by atoms with Crippen LogP contribution in [0, 0.1) is 11.8 Å². The van der Waals surface area contributed by atoms with Gasteiger partial charge in [-0.2, -0.15) is 0 Å². The van der Waals surface area contributed by atoms with Crippen LogP contribution in [0.2, 0.25) is 0 Å². The molecule has 0 radical (unpaired) electrons. The number of carbonyl (C=O) groups is 1. The van der Waals surface area contributed by atoms with Crippen molar-refractivity contribution in [3.8, 4) is 0 Å². The molecule has 0 spiro atoms. The lowest BCUT2D eigenvalue weighted by Crippen LogP contribution is -2.21. The van der Waals surface area contributed by atoms with Gasteiger partial charge in [0, 0.05) is 18.8 Å². The summed E-state index contributed by atoms with van der Waals surface area (Å²) >= 11 is 0. The predicted molar refractivity (Wildman–Crippen MR) is 89.0 cm³/mol. The Morgan fingerprint density at radius 2 is 1.91 bits per heavy atom. The number of carboxylic acid groups (broad SMARTS) is 1. The van der Waals surface area contributed by atoms with Crippen LogP contribution in [0.4, 0.5) is 0 Å². The maximum absolute atomic E-state index is 10.4. The Bertz CT molecular complexity index is 368. The number of aliphatic hydroxyl groups excluding tert-OH is 3. The van der Waals surface area contributed by atoms with Crippen molar-refractivity contribution in [2.24, 2.45) is 11.8 Å². The highest BCUT2D eigenvalue weighted by atomic mass is 16.4. The Morgan fingerprint density at radius 3 is 2.57 bits per heavy atom. The van der Waals surface area contributed by atoms with E-state index in [0.717, 1.165) is 25.7 Å². The first kappa shape index (κ1) is 20.1. The van der Waals surface area contributed by atoms with Crippen LogP contribution in [0.25, 0.3) is 0 Å². The molecule has 0 amide bonds. The largest absolute Gasteiger partial charge is 0.481 e. The summed E-state index contributed by atoms with van der Waals surface area (Å²) in [6.07, 6.45) is 8.38. The van der Waals surface area contributed by atoms with Crippen molar-refractivity contribution in [3.63, 3.8) is 0 Å². The van der Waals surface area contributed by atoms with Crippen molar-refractivity contribution >= 4 is 5.97 Å². The van der Waals surface area contributed by atoms with Gasteiger partial charge in [0.05, 0.1) is 18.3 Å². The Labute approximate surface area is 139 Å². The van der Waals surface area contributed by atoms with Gasteiger partial charge >= 0.3 is 5.97 Å². The van der Waals surface area contributed by atoms with E-state index in [1.54, 1.807) is 6.08 Å². The van der Waals surface area contributed by atoms with Crippen LogP contribution in [0.3, 0.4) is 0 Å². The number of hydrogen-bond acceptors (Lipinski definition) is 4. The minimum atomic E-state index is -0.812. The van der Waals surface area contributed by atoms with Crippen LogP contribution in [-0.2, 0) is 4.79 Å². The molecule has 0 heterocycles. The van der Waals surface area contributed by atoms with Crippen LogP contribution in [0.1, 0.15) is 64.7 Å². The van der Waals surface area contributed by atoms with E-state index in [2.05, 4.69) is 6.92 Å². The Hall–Kier alpha value is -0.910. The highest BCUT2D eigenvalue weighted by molar-refractivity contribution is 5.66. The summed E-state index contributed by atoms with van der Waals surface area (Å²) < 4.78 is 0. The van der Waals surface area contributed by atoms with E-state index in [-0.39, 0.29) is 18.3 Å². The lowest BCUT2D eigenvalue weighted by atomic mass is 9.88. The summed E-state index contributed by atoms with van der Waals surface area (Å²) in [5.74, 6) is -0.851. The molecular weight excluding hydrogens is 296 g/mol. The van der Waals surface area contributed by atoms with Gasteiger partial charge in [-0.3, -0.25) is 4.79 Å². The molecule has 0 aromatic carbocycles. The number of aliphatic carboxylic acids is 1. The molecule has 1 aliphatic carbocycles. The van der Waals surface area contributed by atoms with E-state index in [1.807, 2.05) is 6.08 Å². The Kier molecular flexibility index (Phi) is 9.44. The summed E-state index contributed by atoms with van der Waals surface area (Å²) in [6.45, 7) is 2.14. The quantitative estimate of drug-likeness (QED) is 0.345.